The van der Waals surface area contributed by atoms with E-state index in [1.165, 1.54) is 0 Å². The second-order valence-corrected chi connectivity index (χ2v) is 6.77. The molecule has 1 fully saturated rings. The average molecular weight is 296 g/mol. The van der Waals surface area contributed by atoms with Crippen LogP contribution >= 0.6 is 11.8 Å². The standard InChI is InChI=1S/C15H24N2O2S/c1-4-17-11(2)9-13(12(17)3)14(18)16-10-15(19)5-7-20-8-6-15/h9,19H,4-8,10H2,1-3H3,(H,16,18). The van der Waals surface area contributed by atoms with Crippen LogP contribution in [0.3, 0.4) is 0 Å². The summed E-state index contributed by atoms with van der Waals surface area (Å²) in [5.41, 5.74) is 2.09. The molecule has 4 nitrogen and oxygen atoms in total. The Hall–Kier alpha value is -0.940. The van der Waals surface area contributed by atoms with Gasteiger partial charge in [0.05, 0.1) is 11.2 Å². The Morgan fingerprint density at radius 2 is 2.10 bits per heavy atom. The van der Waals surface area contributed by atoms with Crippen LogP contribution in [0.4, 0.5) is 0 Å². The van der Waals surface area contributed by atoms with Gasteiger partial charge in [-0.05, 0) is 51.2 Å². The highest BCUT2D eigenvalue weighted by Gasteiger charge is 2.30. The van der Waals surface area contributed by atoms with Crippen molar-refractivity contribution < 1.29 is 9.90 Å². The van der Waals surface area contributed by atoms with Crippen molar-refractivity contribution in [3.8, 4) is 0 Å². The van der Waals surface area contributed by atoms with Gasteiger partial charge in [0, 0.05) is 24.5 Å². The molecule has 0 spiro atoms. The molecule has 1 aliphatic heterocycles. The number of hydrogen-bond donors (Lipinski definition) is 2. The van der Waals surface area contributed by atoms with E-state index in [0.717, 1.165) is 47.8 Å². The summed E-state index contributed by atoms with van der Waals surface area (Å²) in [6.07, 6.45) is 1.51. The number of carbonyl (C=O) groups excluding carboxylic acids is 1. The van der Waals surface area contributed by atoms with Crippen LogP contribution in [0.1, 0.15) is 41.5 Å². The van der Waals surface area contributed by atoms with Gasteiger partial charge in [0.25, 0.3) is 5.91 Å². The first-order chi connectivity index (χ1) is 9.47. The molecule has 0 radical (unpaired) electrons. The third kappa shape index (κ3) is 3.20. The molecule has 0 bridgehead atoms. The summed E-state index contributed by atoms with van der Waals surface area (Å²) in [5, 5.41) is 13.3. The summed E-state index contributed by atoms with van der Waals surface area (Å²) >= 11 is 1.86. The zero-order valence-electron chi connectivity index (χ0n) is 12.5. The second kappa shape index (κ2) is 6.22. The molecule has 2 rings (SSSR count). The molecular formula is C15H24N2O2S. The van der Waals surface area contributed by atoms with Crippen LogP contribution in [0.15, 0.2) is 6.07 Å². The lowest BCUT2D eigenvalue weighted by molar-refractivity contribution is 0.0311. The fraction of sp³-hybridized carbons (Fsp3) is 0.667. The molecular weight excluding hydrogens is 272 g/mol. The predicted octanol–water partition coefficient (Wildman–Crippen LogP) is 2.11. The van der Waals surface area contributed by atoms with Gasteiger partial charge in [0.1, 0.15) is 0 Å². The lowest BCUT2D eigenvalue weighted by Crippen LogP contribution is -2.45. The van der Waals surface area contributed by atoms with Gasteiger partial charge in [-0.1, -0.05) is 0 Å². The molecule has 1 aromatic rings. The van der Waals surface area contributed by atoms with E-state index >= 15 is 0 Å². The predicted molar refractivity (Wildman–Crippen MR) is 83.4 cm³/mol. The fourth-order valence-electron chi connectivity index (χ4n) is 2.79. The molecule has 1 aromatic heterocycles. The third-order valence-corrected chi connectivity index (χ3v) is 5.12. The molecule has 0 unspecified atom stereocenters. The summed E-state index contributed by atoms with van der Waals surface area (Å²) in [4.78, 5) is 12.3. The Balaban J connectivity index is 2.01. The van der Waals surface area contributed by atoms with Crippen LogP contribution in [0.25, 0.3) is 0 Å². The van der Waals surface area contributed by atoms with Crippen molar-refractivity contribution in [1.29, 1.82) is 0 Å². The minimum absolute atomic E-state index is 0.0792. The quantitative estimate of drug-likeness (QED) is 0.895. The number of nitrogens with zero attached hydrogens (tertiary/aromatic N) is 1. The van der Waals surface area contributed by atoms with Crippen molar-refractivity contribution in [1.82, 2.24) is 9.88 Å². The SMILES string of the molecule is CCn1c(C)cc(C(=O)NCC2(O)CCSCC2)c1C. The van der Waals surface area contributed by atoms with Gasteiger partial charge >= 0.3 is 0 Å². The van der Waals surface area contributed by atoms with E-state index in [0.29, 0.717) is 6.54 Å². The maximum atomic E-state index is 12.3. The maximum absolute atomic E-state index is 12.3. The molecule has 0 aliphatic carbocycles. The summed E-state index contributed by atoms with van der Waals surface area (Å²) in [6.45, 7) is 7.27. The summed E-state index contributed by atoms with van der Waals surface area (Å²) < 4.78 is 2.13. The van der Waals surface area contributed by atoms with E-state index in [-0.39, 0.29) is 5.91 Å². The zero-order chi connectivity index (χ0) is 14.8. The van der Waals surface area contributed by atoms with Crippen molar-refractivity contribution in [2.75, 3.05) is 18.1 Å². The molecule has 1 aliphatic rings. The van der Waals surface area contributed by atoms with Crippen molar-refractivity contribution in [3.63, 3.8) is 0 Å². The highest BCUT2D eigenvalue weighted by Crippen LogP contribution is 2.26. The van der Waals surface area contributed by atoms with E-state index in [1.54, 1.807) is 0 Å². The number of thioether (sulfide) groups is 1. The van der Waals surface area contributed by atoms with E-state index in [1.807, 2.05) is 31.7 Å². The van der Waals surface area contributed by atoms with Crippen LogP contribution in [0.2, 0.25) is 0 Å². The number of hydrogen-bond acceptors (Lipinski definition) is 3. The van der Waals surface area contributed by atoms with Crippen LogP contribution in [0, 0.1) is 13.8 Å². The largest absolute Gasteiger partial charge is 0.388 e. The first-order valence-corrected chi connectivity index (χ1v) is 8.37. The monoisotopic (exact) mass is 296 g/mol. The Morgan fingerprint density at radius 3 is 2.65 bits per heavy atom. The normalized spacial score (nSPS) is 18.0. The number of amides is 1. The maximum Gasteiger partial charge on any atom is 0.253 e. The van der Waals surface area contributed by atoms with Gasteiger partial charge in [0.2, 0.25) is 0 Å². The number of rotatable bonds is 4. The molecule has 20 heavy (non-hydrogen) atoms. The topological polar surface area (TPSA) is 54.3 Å². The second-order valence-electron chi connectivity index (χ2n) is 5.55. The van der Waals surface area contributed by atoms with Gasteiger partial charge in [-0.2, -0.15) is 11.8 Å². The Kier molecular flexibility index (Phi) is 4.81. The lowest BCUT2D eigenvalue weighted by atomic mass is 9.97. The molecule has 1 amide bonds. The number of aliphatic hydroxyl groups is 1. The number of aromatic nitrogens is 1. The van der Waals surface area contributed by atoms with Gasteiger partial charge in [-0.25, -0.2) is 0 Å². The molecule has 1 saturated heterocycles. The molecule has 5 heteroatoms. The molecule has 0 aromatic carbocycles. The number of nitrogens with one attached hydrogen (secondary N) is 1. The highest BCUT2D eigenvalue weighted by atomic mass is 32.2. The lowest BCUT2D eigenvalue weighted by Gasteiger charge is -2.31. The zero-order valence-corrected chi connectivity index (χ0v) is 13.3. The summed E-state index contributed by atoms with van der Waals surface area (Å²) in [6, 6.07) is 1.93. The molecule has 2 N–H and O–H groups in total. The molecule has 0 atom stereocenters. The van der Waals surface area contributed by atoms with Gasteiger partial charge in [-0.15, -0.1) is 0 Å². The third-order valence-electron chi connectivity index (χ3n) is 4.14. The van der Waals surface area contributed by atoms with Crippen molar-refractivity contribution in [2.24, 2.45) is 0 Å². The van der Waals surface area contributed by atoms with Gasteiger partial charge in [0.15, 0.2) is 0 Å². The van der Waals surface area contributed by atoms with Gasteiger partial charge in [-0.3, -0.25) is 4.79 Å². The fourth-order valence-corrected chi connectivity index (χ4v) is 4.04. The number of carbonyl (C=O) groups is 1. The first kappa shape index (κ1) is 15.4. The van der Waals surface area contributed by atoms with Crippen molar-refractivity contribution in [2.45, 2.75) is 45.8 Å². The van der Waals surface area contributed by atoms with E-state index in [2.05, 4.69) is 16.8 Å². The smallest absolute Gasteiger partial charge is 0.253 e. The molecule has 0 saturated carbocycles. The van der Waals surface area contributed by atoms with E-state index in [9.17, 15) is 9.90 Å². The minimum Gasteiger partial charge on any atom is -0.388 e. The first-order valence-electron chi connectivity index (χ1n) is 7.22. The van der Waals surface area contributed by atoms with Crippen molar-refractivity contribution in [3.05, 3.63) is 23.0 Å². The van der Waals surface area contributed by atoms with Crippen LogP contribution in [-0.4, -0.2) is 39.2 Å². The molecule has 2 heterocycles. The van der Waals surface area contributed by atoms with E-state index in [4.69, 9.17) is 0 Å². The Bertz CT molecular complexity index is 490. The van der Waals surface area contributed by atoms with Crippen LogP contribution in [0.5, 0.6) is 0 Å². The Labute approximate surface area is 124 Å². The van der Waals surface area contributed by atoms with Gasteiger partial charge < -0.3 is 15.0 Å². The van der Waals surface area contributed by atoms with Crippen molar-refractivity contribution >= 4 is 17.7 Å². The summed E-state index contributed by atoms with van der Waals surface area (Å²) in [5.74, 6) is 1.86. The Morgan fingerprint density at radius 1 is 1.45 bits per heavy atom. The van der Waals surface area contributed by atoms with E-state index < -0.39 is 5.60 Å². The summed E-state index contributed by atoms with van der Waals surface area (Å²) in [7, 11) is 0. The minimum atomic E-state index is -0.725. The van der Waals surface area contributed by atoms with Crippen LogP contribution < -0.4 is 5.32 Å². The number of aryl methyl sites for hydroxylation is 1. The van der Waals surface area contributed by atoms with Crippen LogP contribution in [-0.2, 0) is 6.54 Å². The molecule has 112 valence electrons. The average Bonchev–Trinajstić information content (AvgIpc) is 2.72. The highest BCUT2D eigenvalue weighted by molar-refractivity contribution is 7.99.